The molecule has 1 aromatic carbocycles. The van der Waals surface area contributed by atoms with Crippen molar-refractivity contribution in [3.63, 3.8) is 0 Å². The number of hydrogen-bond acceptors (Lipinski definition) is 5. The molecule has 0 saturated heterocycles. The van der Waals surface area contributed by atoms with Crippen molar-refractivity contribution < 1.29 is 17.7 Å². The molecule has 0 amide bonds. The Morgan fingerprint density at radius 1 is 1.39 bits per heavy atom. The van der Waals surface area contributed by atoms with Crippen LogP contribution in [-0.2, 0) is 10.0 Å². The first-order valence-electron chi connectivity index (χ1n) is 4.97. The summed E-state index contributed by atoms with van der Waals surface area (Å²) in [7, 11) is -2.63. The van der Waals surface area contributed by atoms with E-state index >= 15 is 0 Å². The average molecular weight is 277 g/mol. The quantitative estimate of drug-likeness (QED) is 0.440. The van der Waals surface area contributed by atoms with Gasteiger partial charge in [0.2, 0.25) is 10.0 Å². The number of benzene rings is 1. The van der Waals surface area contributed by atoms with E-state index in [2.05, 4.69) is 10.0 Å². The molecule has 9 heteroatoms. The van der Waals surface area contributed by atoms with Crippen LogP contribution in [-0.4, -0.2) is 33.5 Å². The van der Waals surface area contributed by atoms with E-state index in [-0.39, 0.29) is 6.54 Å². The molecule has 0 atom stereocenters. The van der Waals surface area contributed by atoms with E-state index < -0.39 is 31.3 Å². The number of nitrogens with one attached hydrogen (secondary N) is 2. The Balaban J connectivity index is 3.19. The van der Waals surface area contributed by atoms with Crippen LogP contribution >= 0.6 is 0 Å². The maximum Gasteiger partial charge on any atom is 0.292 e. The molecule has 2 N–H and O–H groups in total. The summed E-state index contributed by atoms with van der Waals surface area (Å²) in [6.45, 7) is 0.325. The highest BCUT2D eigenvalue weighted by Gasteiger charge is 2.29. The number of sulfonamides is 1. The zero-order valence-corrected chi connectivity index (χ0v) is 10.3. The summed E-state index contributed by atoms with van der Waals surface area (Å²) in [5, 5.41) is 13.4. The van der Waals surface area contributed by atoms with Crippen LogP contribution < -0.4 is 10.0 Å². The van der Waals surface area contributed by atoms with E-state index in [9.17, 15) is 22.9 Å². The lowest BCUT2D eigenvalue weighted by Gasteiger charge is -2.07. The second-order valence-corrected chi connectivity index (χ2v) is 5.05. The van der Waals surface area contributed by atoms with Crippen LogP contribution in [0, 0.1) is 15.9 Å². The Kier molecular flexibility index (Phi) is 4.70. The van der Waals surface area contributed by atoms with Crippen LogP contribution in [0.25, 0.3) is 0 Å². The van der Waals surface area contributed by atoms with Gasteiger partial charge in [-0.05, 0) is 13.1 Å². The van der Waals surface area contributed by atoms with Crippen molar-refractivity contribution in [2.24, 2.45) is 0 Å². The van der Waals surface area contributed by atoms with Gasteiger partial charge in [0.05, 0.1) is 4.92 Å². The number of hydrogen-bond donors (Lipinski definition) is 2. The lowest BCUT2D eigenvalue weighted by Crippen LogP contribution is -2.31. The first-order valence-corrected chi connectivity index (χ1v) is 6.45. The molecule has 0 unspecified atom stereocenters. The molecule has 0 bridgehead atoms. The topological polar surface area (TPSA) is 101 Å². The van der Waals surface area contributed by atoms with Crippen LogP contribution in [0.2, 0.25) is 0 Å². The van der Waals surface area contributed by atoms with Gasteiger partial charge >= 0.3 is 0 Å². The summed E-state index contributed by atoms with van der Waals surface area (Å²) in [6, 6.07) is 2.88. The third-order valence-electron chi connectivity index (χ3n) is 2.08. The van der Waals surface area contributed by atoms with Crippen LogP contribution in [0.15, 0.2) is 23.1 Å². The van der Waals surface area contributed by atoms with Gasteiger partial charge in [0.1, 0.15) is 5.82 Å². The number of nitro benzene ring substituents is 1. The number of halogens is 1. The normalized spacial score (nSPS) is 11.4. The zero-order valence-electron chi connectivity index (χ0n) is 9.51. The molecule has 0 aliphatic rings. The molecule has 0 fully saturated rings. The molecule has 1 aromatic rings. The molecule has 1 rings (SSSR count). The first-order chi connectivity index (χ1) is 8.40. The number of rotatable bonds is 6. The predicted molar refractivity (Wildman–Crippen MR) is 62.2 cm³/mol. The molecule has 0 radical (unpaired) electrons. The summed E-state index contributed by atoms with van der Waals surface area (Å²) in [5.74, 6) is -1.15. The lowest BCUT2D eigenvalue weighted by atomic mass is 10.3. The van der Waals surface area contributed by atoms with Crippen LogP contribution in [0.4, 0.5) is 10.1 Å². The second-order valence-electron chi connectivity index (χ2n) is 3.35. The van der Waals surface area contributed by atoms with E-state index in [1.54, 1.807) is 7.05 Å². The van der Waals surface area contributed by atoms with Gasteiger partial charge in [0, 0.05) is 19.2 Å². The minimum absolute atomic E-state index is 0.00429. The molecule has 0 saturated carbocycles. The van der Waals surface area contributed by atoms with Gasteiger partial charge in [-0.1, -0.05) is 6.07 Å². The van der Waals surface area contributed by atoms with E-state index in [1.807, 2.05) is 0 Å². The molecule has 0 aromatic heterocycles. The summed E-state index contributed by atoms with van der Waals surface area (Å²) >= 11 is 0. The SMILES string of the molecule is CNCCNS(=O)(=O)c1c(F)cccc1[N+](=O)[O-]. The van der Waals surface area contributed by atoms with Crippen molar-refractivity contribution in [2.75, 3.05) is 20.1 Å². The molecule has 0 aliphatic heterocycles. The Morgan fingerprint density at radius 2 is 2.06 bits per heavy atom. The van der Waals surface area contributed by atoms with Crippen molar-refractivity contribution in [1.82, 2.24) is 10.0 Å². The zero-order chi connectivity index (χ0) is 13.8. The third-order valence-corrected chi connectivity index (χ3v) is 3.60. The highest BCUT2D eigenvalue weighted by atomic mass is 32.2. The fraction of sp³-hybridized carbons (Fsp3) is 0.333. The molecular weight excluding hydrogens is 265 g/mol. The number of nitrogens with zero attached hydrogens (tertiary/aromatic N) is 1. The van der Waals surface area contributed by atoms with Gasteiger partial charge in [-0.3, -0.25) is 10.1 Å². The van der Waals surface area contributed by atoms with Crippen LogP contribution in [0.5, 0.6) is 0 Å². The fourth-order valence-corrected chi connectivity index (χ4v) is 2.55. The summed E-state index contributed by atoms with van der Waals surface area (Å²) < 4.78 is 39.1. The van der Waals surface area contributed by atoms with Crippen molar-refractivity contribution in [2.45, 2.75) is 4.90 Å². The number of nitro groups is 1. The molecule has 0 spiro atoms. The molecule has 100 valence electrons. The molecule has 0 aliphatic carbocycles. The Morgan fingerprint density at radius 3 is 2.61 bits per heavy atom. The van der Waals surface area contributed by atoms with E-state index in [0.29, 0.717) is 6.54 Å². The molecular formula is C9H12FN3O4S. The Labute approximate surface area is 103 Å². The van der Waals surface area contributed by atoms with Gasteiger partial charge in [-0.2, -0.15) is 0 Å². The van der Waals surface area contributed by atoms with E-state index in [4.69, 9.17) is 0 Å². The third kappa shape index (κ3) is 3.22. The van der Waals surface area contributed by atoms with Crippen molar-refractivity contribution in [3.8, 4) is 0 Å². The molecule has 7 nitrogen and oxygen atoms in total. The molecule has 0 heterocycles. The van der Waals surface area contributed by atoms with E-state index in [0.717, 1.165) is 18.2 Å². The maximum atomic E-state index is 13.5. The summed E-state index contributed by atoms with van der Waals surface area (Å²) in [5.41, 5.74) is -0.785. The van der Waals surface area contributed by atoms with Gasteiger partial charge < -0.3 is 5.32 Å². The van der Waals surface area contributed by atoms with Gasteiger partial charge in [-0.15, -0.1) is 0 Å². The van der Waals surface area contributed by atoms with E-state index in [1.165, 1.54) is 0 Å². The average Bonchev–Trinajstić information content (AvgIpc) is 2.28. The van der Waals surface area contributed by atoms with Crippen molar-refractivity contribution in [3.05, 3.63) is 34.1 Å². The molecule has 18 heavy (non-hydrogen) atoms. The Bertz CT molecular complexity index is 547. The monoisotopic (exact) mass is 277 g/mol. The lowest BCUT2D eigenvalue weighted by molar-refractivity contribution is -0.388. The van der Waals surface area contributed by atoms with Gasteiger partial charge in [-0.25, -0.2) is 17.5 Å². The maximum absolute atomic E-state index is 13.5. The van der Waals surface area contributed by atoms with Crippen LogP contribution in [0.1, 0.15) is 0 Å². The Hall–Kier alpha value is -1.58. The minimum atomic E-state index is -4.25. The highest BCUT2D eigenvalue weighted by Crippen LogP contribution is 2.25. The highest BCUT2D eigenvalue weighted by molar-refractivity contribution is 7.89. The van der Waals surface area contributed by atoms with Gasteiger partial charge in [0.15, 0.2) is 4.90 Å². The smallest absolute Gasteiger partial charge is 0.292 e. The predicted octanol–water partition coefficient (Wildman–Crippen LogP) is 0.232. The minimum Gasteiger partial charge on any atom is -0.318 e. The first kappa shape index (κ1) is 14.5. The number of likely N-dealkylation sites (N-methyl/N-ethyl adjacent to an activating group) is 1. The van der Waals surface area contributed by atoms with Crippen molar-refractivity contribution >= 4 is 15.7 Å². The van der Waals surface area contributed by atoms with Crippen molar-refractivity contribution in [1.29, 1.82) is 0 Å². The second kappa shape index (κ2) is 5.85. The van der Waals surface area contributed by atoms with Gasteiger partial charge in [0.25, 0.3) is 5.69 Å². The standard InChI is InChI=1S/C9H12FN3O4S/c1-11-5-6-12-18(16,17)9-7(10)3-2-4-8(9)13(14)15/h2-4,11-12H,5-6H2,1H3. The summed E-state index contributed by atoms with van der Waals surface area (Å²) in [6.07, 6.45) is 0. The largest absolute Gasteiger partial charge is 0.318 e. The fourth-order valence-electron chi connectivity index (χ4n) is 1.29. The van der Waals surface area contributed by atoms with Crippen LogP contribution in [0.3, 0.4) is 0 Å². The summed E-state index contributed by atoms with van der Waals surface area (Å²) in [4.78, 5) is 8.81.